The van der Waals surface area contributed by atoms with Crippen LogP contribution in [-0.2, 0) is 9.59 Å². The summed E-state index contributed by atoms with van der Waals surface area (Å²) in [4.78, 5) is 38.6. The highest BCUT2D eigenvalue weighted by molar-refractivity contribution is 14.1. The van der Waals surface area contributed by atoms with Gasteiger partial charge in [-0.25, -0.2) is 9.69 Å². The molecule has 9 heteroatoms. The van der Waals surface area contributed by atoms with Crippen molar-refractivity contribution in [1.29, 1.82) is 0 Å². The quantitative estimate of drug-likeness (QED) is 0.307. The highest BCUT2D eigenvalue weighted by Crippen LogP contribution is 2.35. The van der Waals surface area contributed by atoms with Gasteiger partial charge in [0.25, 0.3) is 11.8 Å². The number of urea groups is 1. The lowest BCUT2D eigenvalue weighted by Crippen LogP contribution is -2.54. The summed E-state index contributed by atoms with van der Waals surface area (Å²) in [6, 6.07) is 9.33. The number of rotatable bonds is 6. The Hall–Kier alpha value is -2.40. The van der Waals surface area contributed by atoms with E-state index in [1.807, 2.05) is 13.8 Å². The molecule has 0 saturated carbocycles. The van der Waals surface area contributed by atoms with Crippen molar-refractivity contribution < 1.29 is 23.9 Å². The molecule has 0 radical (unpaired) electrons. The van der Waals surface area contributed by atoms with Crippen LogP contribution in [0, 0.1) is 3.57 Å². The van der Waals surface area contributed by atoms with Crippen LogP contribution in [0.5, 0.6) is 11.5 Å². The standard InChI is InChI=1S/C21H18BrIN2O5/c1-3-29-17-11-12(10-16(23)18(17)30-4-2)9-15-19(26)24-21(28)25(20(15)27)14-7-5-13(22)6-8-14/h5-11H,3-4H2,1-2H3,(H,24,26,28)/b15-9+. The molecule has 1 heterocycles. The minimum Gasteiger partial charge on any atom is -0.490 e. The Morgan fingerprint density at radius 2 is 1.73 bits per heavy atom. The molecule has 1 fully saturated rings. The molecule has 0 unspecified atom stereocenters. The number of halogens is 2. The van der Waals surface area contributed by atoms with Gasteiger partial charge in [0.1, 0.15) is 5.57 Å². The largest absolute Gasteiger partial charge is 0.490 e. The second-order valence-electron chi connectivity index (χ2n) is 6.13. The van der Waals surface area contributed by atoms with Crippen molar-refractivity contribution in [3.05, 3.63) is 55.6 Å². The third kappa shape index (κ3) is 4.67. The second-order valence-corrected chi connectivity index (χ2v) is 8.21. The van der Waals surface area contributed by atoms with E-state index < -0.39 is 17.8 Å². The van der Waals surface area contributed by atoms with E-state index in [0.717, 1.165) is 12.9 Å². The van der Waals surface area contributed by atoms with Gasteiger partial charge in [0.15, 0.2) is 11.5 Å². The Balaban J connectivity index is 2.03. The second kappa shape index (κ2) is 9.61. The summed E-state index contributed by atoms with van der Waals surface area (Å²) in [7, 11) is 0. The molecule has 1 N–H and O–H groups in total. The zero-order chi connectivity index (χ0) is 21.8. The smallest absolute Gasteiger partial charge is 0.335 e. The third-order valence-corrected chi connectivity index (χ3v) is 5.45. The molecule has 0 aromatic heterocycles. The van der Waals surface area contributed by atoms with Crippen LogP contribution in [0.1, 0.15) is 19.4 Å². The first kappa shape index (κ1) is 22.3. The van der Waals surface area contributed by atoms with Gasteiger partial charge in [-0.15, -0.1) is 0 Å². The number of barbiturate groups is 1. The van der Waals surface area contributed by atoms with E-state index in [1.54, 1.807) is 36.4 Å². The molecule has 7 nitrogen and oxygen atoms in total. The summed E-state index contributed by atoms with van der Waals surface area (Å²) < 4.78 is 12.9. The number of ether oxygens (including phenoxy) is 2. The summed E-state index contributed by atoms with van der Waals surface area (Å²) in [5, 5.41) is 2.22. The van der Waals surface area contributed by atoms with E-state index in [2.05, 4.69) is 43.8 Å². The van der Waals surface area contributed by atoms with Crippen LogP contribution in [0.3, 0.4) is 0 Å². The molecule has 4 amide bonds. The number of hydrogen-bond donors (Lipinski definition) is 1. The van der Waals surface area contributed by atoms with Crippen LogP contribution in [0.25, 0.3) is 6.08 Å². The molecule has 1 saturated heterocycles. The first-order valence-corrected chi connectivity index (χ1v) is 11.0. The number of carbonyl (C=O) groups is 3. The zero-order valence-corrected chi connectivity index (χ0v) is 19.9. The van der Waals surface area contributed by atoms with Crippen LogP contribution in [0.15, 0.2) is 46.4 Å². The van der Waals surface area contributed by atoms with Crippen LogP contribution in [0.4, 0.5) is 10.5 Å². The van der Waals surface area contributed by atoms with Gasteiger partial charge in [0.2, 0.25) is 0 Å². The fraction of sp³-hybridized carbons (Fsp3) is 0.190. The molecule has 0 aliphatic carbocycles. The summed E-state index contributed by atoms with van der Waals surface area (Å²) in [5.74, 6) is -0.330. The van der Waals surface area contributed by atoms with Gasteiger partial charge < -0.3 is 9.47 Å². The van der Waals surface area contributed by atoms with Crippen molar-refractivity contribution in [3.8, 4) is 11.5 Å². The fourth-order valence-electron chi connectivity index (χ4n) is 2.87. The van der Waals surface area contributed by atoms with Crippen LogP contribution in [-0.4, -0.2) is 31.1 Å². The fourth-order valence-corrected chi connectivity index (χ4v) is 3.91. The molecule has 0 bridgehead atoms. The number of amides is 4. The van der Waals surface area contributed by atoms with Gasteiger partial charge in [0, 0.05) is 4.47 Å². The lowest BCUT2D eigenvalue weighted by molar-refractivity contribution is -0.122. The van der Waals surface area contributed by atoms with E-state index in [0.29, 0.717) is 36.0 Å². The molecule has 0 atom stereocenters. The maximum atomic E-state index is 13.0. The summed E-state index contributed by atoms with van der Waals surface area (Å²) in [6.45, 7) is 4.64. The highest BCUT2D eigenvalue weighted by atomic mass is 127. The van der Waals surface area contributed by atoms with E-state index in [1.165, 1.54) is 6.08 Å². The number of benzene rings is 2. The predicted molar refractivity (Wildman–Crippen MR) is 125 cm³/mol. The highest BCUT2D eigenvalue weighted by Gasteiger charge is 2.36. The van der Waals surface area contributed by atoms with E-state index in [4.69, 9.17) is 9.47 Å². The van der Waals surface area contributed by atoms with Crippen molar-refractivity contribution in [2.75, 3.05) is 18.1 Å². The van der Waals surface area contributed by atoms with Crippen molar-refractivity contribution in [1.82, 2.24) is 5.32 Å². The Labute approximate surface area is 195 Å². The van der Waals surface area contributed by atoms with Gasteiger partial charge >= 0.3 is 6.03 Å². The lowest BCUT2D eigenvalue weighted by Gasteiger charge is -2.26. The van der Waals surface area contributed by atoms with Crippen molar-refractivity contribution in [2.24, 2.45) is 0 Å². The number of nitrogens with zero attached hydrogens (tertiary/aromatic N) is 1. The van der Waals surface area contributed by atoms with Gasteiger partial charge in [-0.2, -0.15) is 0 Å². The van der Waals surface area contributed by atoms with Crippen LogP contribution >= 0.6 is 38.5 Å². The molecule has 1 aliphatic rings. The predicted octanol–water partition coefficient (Wildman–Crippen LogP) is 4.52. The van der Waals surface area contributed by atoms with Crippen LogP contribution in [0.2, 0.25) is 0 Å². The van der Waals surface area contributed by atoms with Crippen LogP contribution < -0.4 is 19.7 Å². The average Bonchev–Trinajstić information content (AvgIpc) is 2.69. The van der Waals surface area contributed by atoms with E-state index in [-0.39, 0.29) is 5.57 Å². The van der Waals surface area contributed by atoms with Crippen molar-refractivity contribution >= 4 is 68.1 Å². The Morgan fingerprint density at radius 3 is 2.37 bits per heavy atom. The summed E-state index contributed by atoms with van der Waals surface area (Å²) >= 11 is 5.43. The average molecular weight is 585 g/mol. The van der Waals surface area contributed by atoms with Crippen molar-refractivity contribution in [3.63, 3.8) is 0 Å². The molecular formula is C21H18BrIN2O5. The summed E-state index contributed by atoms with van der Waals surface area (Å²) in [5.41, 5.74) is 0.783. The molecule has 2 aromatic rings. The third-order valence-electron chi connectivity index (χ3n) is 4.12. The molecule has 3 rings (SSSR count). The van der Waals surface area contributed by atoms with E-state index in [9.17, 15) is 14.4 Å². The minimum atomic E-state index is -0.791. The Kier molecular flexibility index (Phi) is 7.14. The molecule has 2 aromatic carbocycles. The zero-order valence-electron chi connectivity index (χ0n) is 16.2. The first-order valence-electron chi connectivity index (χ1n) is 9.11. The Bertz CT molecular complexity index is 1040. The molecular weight excluding hydrogens is 567 g/mol. The molecule has 0 spiro atoms. The number of anilines is 1. The minimum absolute atomic E-state index is 0.153. The molecule has 1 aliphatic heterocycles. The van der Waals surface area contributed by atoms with Crippen molar-refractivity contribution in [2.45, 2.75) is 13.8 Å². The SMILES string of the molecule is CCOc1cc(/C=C2\C(=O)NC(=O)N(c3ccc(Br)cc3)C2=O)cc(I)c1OCC. The van der Waals surface area contributed by atoms with Gasteiger partial charge in [-0.05, 0) is 84.5 Å². The lowest BCUT2D eigenvalue weighted by atomic mass is 10.1. The number of hydrogen-bond acceptors (Lipinski definition) is 5. The Morgan fingerprint density at radius 1 is 1.07 bits per heavy atom. The van der Waals surface area contributed by atoms with Gasteiger partial charge in [-0.3, -0.25) is 14.9 Å². The monoisotopic (exact) mass is 584 g/mol. The van der Waals surface area contributed by atoms with Gasteiger partial charge in [0.05, 0.1) is 22.5 Å². The maximum absolute atomic E-state index is 13.0. The topological polar surface area (TPSA) is 84.9 Å². The van der Waals surface area contributed by atoms with E-state index >= 15 is 0 Å². The normalized spacial score (nSPS) is 15.4. The number of imide groups is 2. The maximum Gasteiger partial charge on any atom is 0.335 e. The number of nitrogens with one attached hydrogen (secondary N) is 1. The summed E-state index contributed by atoms with van der Waals surface area (Å²) in [6.07, 6.45) is 1.44. The molecule has 30 heavy (non-hydrogen) atoms. The first-order chi connectivity index (χ1) is 14.3. The van der Waals surface area contributed by atoms with Gasteiger partial charge in [-0.1, -0.05) is 15.9 Å². The molecule has 156 valence electrons. The number of carbonyl (C=O) groups excluding carboxylic acids is 3.